The fourth-order valence-electron chi connectivity index (χ4n) is 3.15. The summed E-state index contributed by atoms with van der Waals surface area (Å²) in [7, 11) is 1.45. The number of carbonyl (C=O) groups is 1. The summed E-state index contributed by atoms with van der Waals surface area (Å²) in [5.74, 6) is -0.0360. The van der Waals surface area contributed by atoms with Gasteiger partial charge in [0.1, 0.15) is 11.4 Å². The van der Waals surface area contributed by atoms with Crippen LogP contribution in [0.3, 0.4) is 0 Å². The van der Waals surface area contributed by atoms with Crippen molar-refractivity contribution in [2.24, 2.45) is 4.99 Å². The highest BCUT2D eigenvalue weighted by molar-refractivity contribution is 6.35. The highest BCUT2D eigenvalue weighted by Crippen LogP contribution is 2.28. The number of morpholine rings is 1. The van der Waals surface area contributed by atoms with Crippen LogP contribution in [-0.2, 0) is 4.74 Å². The number of benzene rings is 1. The maximum absolute atomic E-state index is 12.9. The van der Waals surface area contributed by atoms with Gasteiger partial charge < -0.3 is 14.8 Å². The fourth-order valence-corrected chi connectivity index (χ4v) is 3.44. The number of aliphatic imine (C=N–C) groups is 1. The molecule has 31 heavy (non-hydrogen) atoms. The number of hydrogen-bond acceptors (Lipinski definition) is 5. The van der Waals surface area contributed by atoms with E-state index in [1.165, 1.54) is 13.2 Å². The first-order valence-corrected chi connectivity index (χ1v) is 9.91. The number of nitrogens with one attached hydrogen (secondary N) is 1. The predicted molar refractivity (Wildman–Crippen MR) is 114 cm³/mol. The molecule has 2 rings (SSSR count). The van der Waals surface area contributed by atoms with Crippen LogP contribution in [0.4, 0.5) is 13.2 Å². The zero-order chi connectivity index (χ0) is 23.0. The largest absolute Gasteiger partial charge is 0.495 e. The standard InChI is InChI=1S/C21H25ClF3N3O3/c1-14(7-8-18(26-2)21(23,24)25)16(28-9-11-31-12-10-28)13-27-20(29)15-5-4-6-17(30-3)19(15)22/h4-8,16H,2,9-13H2,1,3H3,(H,27,29)/b14-7+,18-8-. The molecule has 0 aliphatic carbocycles. The summed E-state index contributed by atoms with van der Waals surface area (Å²) in [5, 5.41) is 3.01. The molecule has 0 saturated carbocycles. The minimum Gasteiger partial charge on any atom is -0.495 e. The van der Waals surface area contributed by atoms with E-state index in [9.17, 15) is 18.0 Å². The molecule has 1 aromatic rings. The molecule has 1 fully saturated rings. The van der Waals surface area contributed by atoms with E-state index < -0.39 is 17.8 Å². The molecule has 1 atom stereocenters. The van der Waals surface area contributed by atoms with Gasteiger partial charge in [0.25, 0.3) is 5.91 Å². The van der Waals surface area contributed by atoms with Crippen molar-refractivity contribution >= 4 is 24.2 Å². The molecular formula is C21H25ClF3N3O3. The van der Waals surface area contributed by atoms with E-state index in [4.69, 9.17) is 21.1 Å². The van der Waals surface area contributed by atoms with Gasteiger partial charge in [-0.05, 0) is 31.9 Å². The zero-order valence-electron chi connectivity index (χ0n) is 17.3. The Morgan fingerprint density at radius 2 is 2.06 bits per heavy atom. The van der Waals surface area contributed by atoms with Gasteiger partial charge in [0.15, 0.2) is 0 Å². The Bertz CT molecular complexity index is 850. The van der Waals surface area contributed by atoms with Crippen LogP contribution in [0, 0.1) is 0 Å². The molecule has 6 nitrogen and oxygen atoms in total. The van der Waals surface area contributed by atoms with Crippen molar-refractivity contribution in [2.75, 3.05) is 40.0 Å². The van der Waals surface area contributed by atoms with Gasteiger partial charge in [0, 0.05) is 25.7 Å². The Morgan fingerprint density at radius 3 is 2.65 bits per heavy atom. The van der Waals surface area contributed by atoms with E-state index >= 15 is 0 Å². The molecule has 0 aromatic heterocycles. The van der Waals surface area contributed by atoms with Gasteiger partial charge in [0.2, 0.25) is 0 Å². The molecule has 1 unspecified atom stereocenters. The summed E-state index contributed by atoms with van der Waals surface area (Å²) in [4.78, 5) is 17.8. The first-order valence-electron chi connectivity index (χ1n) is 9.54. The molecule has 1 aliphatic rings. The number of hydrogen-bond donors (Lipinski definition) is 1. The second-order valence-corrected chi connectivity index (χ2v) is 7.19. The van der Waals surface area contributed by atoms with Crippen LogP contribution in [0.25, 0.3) is 0 Å². The molecule has 1 aliphatic heterocycles. The van der Waals surface area contributed by atoms with Gasteiger partial charge in [-0.2, -0.15) is 13.2 Å². The van der Waals surface area contributed by atoms with Crippen molar-refractivity contribution in [3.63, 3.8) is 0 Å². The third-order valence-electron chi connectivity index (χ3n) is 4.86. The van der Waals surface area contributed by atoms with Crippen LogP contribution in [0.5, 0.6) is 5.75 Å². The SMILES string of the molecule is C=N/C(=C\C=C(/C)C(CNC(=O)c1cccc(OC)c1Cl)N1CCOCC1)C(F)(F)F. The molecule has 1 N–H and O–H groups in total. The smallest absolute Gasteiger partial charge is 0.433 e. The molecule has 1 amide bonds. The van der Waals surface area contributed by atoms with E-state index in [1.54, 1.807) is 25.1 Å². The lowest BCUT2D eigenvalue weighted by atomic mass is 10.0. The van der Waals surface area contributed by atoms with Gasteiger partial charge >= 0.3 is 6.18 Å². The van der Waals surface area contributed by atoms with E-state index in [1.807, 2.05) is 4.90 Å². The Kier molecular flexibility index (Phi) is 9.09. The van der Waals surface area contributed by atoms with Crippen molar-refractivity contribution in [3.05, 3.63) is 52.2 Å². The molecular weight excluding hydrogens is 435 g/mol. The minimum atomic E-state index is -4.59. The van der Waals surface area contributed by atoms with E-state index in [-0.39, 0.29) is 23.2 Å². The Balaban J connectivity index is 2.22. The monoisotopic (exact) mass is 459 g/mol. The third kappa shape index (κ3) is 6.81. The summed E-state index contributed by atoms with van der Waals surface area (Å²) < 4.78 is 49.3. The lowest BCUT2D eigenvalue weighted by molar-refractivity contribution is -0.0922. The van der Waals surface area contributed by atoms with Crippen LogP contribution < -0.4 is 10.1 Å². The number of amides is 1. The number of allylic oxidation sites excluding steroid dienone is 3. The fraction of sp³-hybridized carbons (Fsp3) is 0.429. The number of halogens is 4. The average Bonchev–Trinajstić information content (AvgIpc) is 2.74. The highest BCUT2D eigenvalue weighted by Gasteiger charge is 2.33. The molecule has 0 radical (unpaired) electrons. The van der Waals surface area contributed by atoms with Gasteiger partial charge in [-0.25, -0.2) is 0 Å². The van der Waals surface area contributed by atoms with Gasteiger partial charge in [0.05, 0.1) is 30.9 Å². The predicted octanol–water partition coefficient (Wildman–Crippen LogP) is 3.87. The van der Waals surface area contributed by atoms with Crippen molar-refractivity contribution in [3.8, 4) is 5.75 Å². The van der Waals surface area contributed by atoms with Crippen molar-refractivity contribution < 1.29 is 27.4 Å². The van der Waals surface area contributed by atoms with Crippen LogP contribution in [0.15, 0.2) is 46.6 Å². The van der Waals surface area contributed by atoms with Crippen LogP contribution in [-0.4, -0.2) is 69.7 Å². The molecule has 10 heteroatoms. The quantitative estimate of drug-likeness (QED) is 0.473. The summed E-state index contributed by atoms with van der Waals surface area (Å²) in [5.41, 5.74) is -0.206. The first kappa shape index (κ1) is 24.9. The third-order valence-corrected chi connectivity index (χ3v) is 5.25. The summed E-state index contributed by atoms with van der Waals surface area (Å²) in [6.45, 7) is 7.02. The van der Waals surface area contributed by atoms with Crippen molar-refractivity contribution in [1.82, 2.24) is 10.2 Å². The second-order valence-electron chi connectivity index (χ2n) is 6.81. The molecule has 170 valence electrons. The number of carbonyl (C=O) groups excluding carboxylic acids is 1. The van der Waals surface area contributed by atoms with Crippen molar-refractivity contribution in [2.45, 2.75) is 19.1 Å². The number of alkyl halides is 3. The second kappa shape index (κ2) is 11.3. The Morgan fingerprint density at radius 1 is 1.39 bits per heavy atom. The van der Waals surface area contributed by atoms with E-state index in [0.29, 0.717) is 37.6 Å². The lowest BCUT2D eigenvalue weighted by Crippen LogP contribution is -2.49. The molecule has 0 spiro atoms. The van der Waals surface area contributed by atoms with Gasteiger partial charge in [-0.15, -0.1) is 0 Å². The Hall–Kier alpha value is -2.36. The molecule has 1 heterocycles. The van der Waals surface area contributed by atoms with E-state index in [0.717, 1.165) is 6.08 Å². The maximum Gasteiger partial charge on any atom is 0.433 e. The minimum absolute atomic E-state index is 0.172. The average molecular weight is 460 g/mol. The summed E-state index contributed by atoms with van der Waals surface area (Å²) in [6.07, 6.45) is -2.36. The Labute approximate surface area is 184 Å². The summed E-state index contributed by atoms with van der Waals surface area (Å²) >= 11 is 6.22. The topological polar surface area (TPSA) is 63.2 Å². The van der Waals surface area contributed by atoms with Crippen LogP contribution >= 0.6 is 11.6 Å². The highest BCUT2D eigenvalue weighted by atomic mass is 35.5. The molecule has 1 aromatic carbocycles. The normalized spacial score (nSPS) is 17.2. The van der Waals surface area contributed by atoms with E-state index in [2.05, 4.69) is 17.0 Å². The van der Waals surface area contributed by atoms with Gasteiger partial charge in [-0.1, -0.05) is 29.3 Å². The van der Waals surface area contributed by atoms with Crippen molar-refractivity contribution in [1.29, 1.82) is 0 Å². The molecule has 1 saturated heterocycles. The number of methoxy groups -OCH3 is 1. The summed E-state index contributed by atoms with van der Waals surface area (Å²) in [6, 6.07) is 4.52. The van der Waals surface area contributed by atoms with Gasteiger partial charge in [-0.3, -0.25) is 14.7 Å². The van der Waals surface area contributed by atoms with Crippen LogP contribution in [0.2, 0.25) is 5.02 Å². The maximum atomic E-state index is 12.9. The number of ether oxygens (including phenoxy) is 2. The van der Waals surface area contributed by atoms with Crippen LogP contribution in [0.1, 0.15) is 17.3 Å². The first-order chi connectivity index (χ1) is 14.7. The zero-order valence-corrected chi connectivity index (χ0v) is 18.1. The lowest BCUT2D eigenvalue weighted by Gasteiger charge is -2.35. The molecule has 0 bridgehead atoms. The number of nitrogens with zero attached hydrogens (tertiary/aromatic N) is 2. The number of rotatable bonds is 8.